The van der Waals surface area contributed by atoms with E-state index in [1.54, 1.807) is 35.2 Å². The van der Waals surface area contributed by atoms with Crippen LogP contribution in [0.3, 0.4) is 0 Å². The van der Waals surface area contributed by atoms with Crippen LogP contribution in [0.4, 0.5) is 0 Å². The third-order valence-corrected chi connectivity index (χ3v) is 5.61. The van der Waals surface area contributed by atoms with E-state index in [2.05, 4.69) is 4.98 Å². The number of amides is 1. The number of furan rings is 1. The van der Waals surface area contributed by atoms with E-state index in [1.807, 2.05) is 12.1 Å². The topological polar surface area (TPSA) is 75.5 Å². The van der Waals surface area contributed by atoms with Crippen molar-refractivity contribution in [3.05, 3.63) is 70.1 Å². The van der Waals surface area contributed by atoms with Crippen LogP contribution in [0.2, 0.25) is 5.02 Å². The van der Waals surface area contributed by atoms with Crippen LogP contribution in [-0.4, -0.2) is 35.4 Å². The summed E-state index contributed by atoms with van der Waals surface area (Å²) in [7, 11) is 1.36. The van der Waals surface area contributed by atoms with Gasteiger partial charge in [-0.3, -0.25) is 4.79 Å². The molecule has 0 fully saturated rings. The maximum absolute atomic E-state index is 13.1. The number of nitrogens with one attached hydrogen (secondary N) is 1. The first-order valence-corrected chi connectivity index (χ1v) is 9.61. The first-order chi connectivity index (χ1) is 14.0. The molecular formula is C22H17ClN2O4. The lowest BCUT2D eigenvalue weighted by molar-refractivity contribution is 0.0600. The maximum Gasteiger partial charge on any atom is 0.337 e. The molecule has 0 saturated carbocycles. The average molecular weight is 409 g/mol. The van der Waals surface area contributed by atoms with Crippen LogP contribution in [0.5, 0.6) is 0 Å². The Balaban J connectivity index is 1.48. The quantitative estimate of drug-likeness (QED) is 0.493. The van der Waals surface area contributed by atoms with E-state index in [0.29, 0.717) is 41.4 Å². The average Bonchev–Trinajstić information content (AvgIpc) is 3.32. The molecule has 146 valence electrons. The fourth-order valence-corrected chi connectivity index (χ4v) is 4.09. The van der Waals surface area contributed by atoms with Gasteiger partial charge in [-0.1, -0.05) is 11.6 Å². The predicted octanol–water partition coefficient (Wildman–Crippen LogP) is 4.55. The summed E-state index contributed by atoms with van der Waals surface area (Å²) < 4.78 is 10.6. The van der Waals surface area contributed by atoms with Crippen LogP contribution in [0.1, 0.15) is 32.2 Å². The zero-order valence-electron chi connectivity index (χ0n) is 15.6. The van der Waals surface area contributed by atoms with Crippen molar-refractivity contribution >= 4 is 45.3 Å². The Bertz CT molecular complexity index is 1290. The van der Waals surface area contributed by atoms with Crippen molar-refractivity contribution in [2.24, 2.45) is 0 Å². The van der Waals surface area contributed by atoms with Gasteiger partial charge in [0.1, 0.15) is 5.58 Å². The molecule has 2 aromatic carbocycles. The van der Waals surface area contributed by atoms with Crippen LogP contribution in [0.25, 0.3) is 21.9 Å². The van der Waals surface area contributed by atoms with Crippen molar-refractivity contribution in [2.75, 3.05) is 13.7 Å². The molecule has 0 spiro atoms. The van der Waals surface area contributed by atoms with Crippen LogP contribution in [0, 0.1) is 0 Å². The Morgan fingerprint density at radius 3 is 2.86 bits per heavy atom. The normalized spacial score (nSPS) is 13.7. The van der Waals surface area contributed by atoms with Gasteiger partial charge in [-0.25, -0.2) is 4.79 Å². The Labute approximate surface area is 171 Å². The number of rotatable bonds is 2. The van der Waals surface area contributed by atoms with Crippen LogP contribution < -0.4 is 0 Å². The molecule has 6 nitrogen and oxygen atoms in total. The maximum atomic E-state index is 13.1. The van der Waals surface area contributed by atoms with Gasteiger partial charge in [-0.05, 0) is 42.5 Å². The number of carbonyl (C=O) groups excluding carboxylic acids is 2. The summed E-state index contributed by atoms with van der Waals surface area (Å²) in [5.74, 6) is -0.256. The molecule has 3 heterocycles. The molecule has 29 heavy (non-hydrogen) atoms. The van der Waals surface area contributed by atoms with E-state index in [4.69, 9.17) is 20.8 Å². The van der Waals surface area contributed by atoms with Gasteiger partial charge in [-0.2, -0.15) is 0 Å². The van der Waals surface area contributed by atoms with E-state index in [1.165, 1.54) is 7.11 Å². The van der Waals surface area contributed by atoms with Gasteiger partial charge in [0.25, 0.3) is 5.91 Å². The van der Waals surface area contributed by atoms with Gasteiger partial charge in [0.15, 0.2) is 5.76 Å². The molecule has 0 unspecified atom stereocenters. The molecule has 1 aliphatic rings. The molecular weight excluding hydrogens is 392 g/mol. The van der Waals surface area contributed by atoms with Crippen LogP contribution >= 0.6 is 11.6 Å². The smallest absolute Gasteiger partial charge is 0.337 e. The van der Waals surface area contributed by atoms with Crippen molar-refractivity contribution in [3.8, 4) is 0 Å². The monoisotopic (exact) mass is 408 g/mol. The standard InChI is InChI=1S/C22H17ClN2O4/c1-28-22(27)12-2-4-17-15(9-12)16-11-25(7-6-18(16)24-17)21(26)20-10-13-8-14(23)3-5-19(13)29-20/h2-5,8-10,24H,6-7,11H2,1H3. The number of hydrogen-bond donors (Lipinski definition) is 1. The molecule has 5 rings (SSSR count). The third kappa shape index (κ3) is 2.96. The lowest BCUT2D eigenvalue weighted by atomic mass is 10.0. The second kappa shape index (κ2) is 6.67. The summed E-state index contributed by atoms with van der Waals surface area (Å²) in [5.41, 5.74) is 4.16. The second-order valence-corrected chi connectivity index (χ2v) is 7.54. The summed E-state index contributed by atoms with van der Waals surface area (Å²) >= 11 is 6.03. The number of halogens is 1. The highest BCUT2D eigenvalue weighted by Gasteiger charge is 2.27. The largest absolute Gasteiger partial charge is 0.465 e. The Kier molecular flexibility index (Phi) is 4.10. The highest BCUT2D eigenvalue weighted by molar-refractivity contribution is 6.31. The number of H-pyrrole nitrogens is 1. The van der Waals surface area contributed by atoms with Crippen molar-refractivity contribution < 1.29 is 18.7 Å². The number of esters is 1. The minimum absolute atomic E-state index is 0.165. The molecule has 0 aliphatic carbocycles. The van der Waals surface area contributed by atoms with Gasteiger partial charge in [0, 0.05) is 52.1 Å². The number of aromatic amines is 1. The van der Waals surface area contributed by atoms with E-state index >= 15 is 0 Å². The highest BCUT2D eigenvalue weighted by atomic mass is 35.5. The molecule has 1 aliphatic heterocycles. The van der Waals surface area contributed by atoms with Crippen molar-refractivity contribution in [3.63, 3.8) is 0 Å². The summed E-state index contributed by atoms with van der Waals surface area (Å²) in [5, 5.41) is 2.32. The molecule has 2 aromatic heterocycles. The highest BCUT2D eigenvalue weighted by Crippen LogP contribution is 2.30. The first kappa shape index (κ1) is 17.8. The van der Waals surface area contributed by atoms with Crippen molar-refractivity contribution in [2.45, 2.75) is 13.0 Å². The minimum atomic E-state index is -0.383. The number of methoxy groups -OCH3 is 1. The molecule has 1 amide bonds. The van der Waals surface area contributed by atoms with E-state index < -0.39 is 0 Å². The van der Waals surface area contributed by atoms with Gasteiger partial charge in [0.05, 0.1) is 12.7 Å². The number of benzene rings is 2. The van der Waals surface area contributed by atoms with Gasteiger partial charge in [-0.15, -0.1) is 0 Å². The third-order valence-electron chi connectivity index (χ3n) is 5.37. The molecule has 0 radical (unpaired) electrons. The number of fused-ring (bicyclic) bond motifs is 4. The second-order valence-electron chi connectivity index (χ2n) is 7.10. The molecule has 7 heteroatoms. The van der Waals surface area contributed by atoms with Crippen molar-refractivity contribution in [1.29, 1.82) is 0 Å². The number of nitrogens with zero attached hydrogens (tertiary/aromatic N) is 1. The van der Waals surface area contributed by atoms with Crippen LogP contribution in [-0.2, 0) is 17.7 Å². The van der Waals surface area contributed by atoms with Gasteiger partial charge >= 0.3 is 5.97 Å². The Morgan fingerprint density at radius 2 is 2.03 bits per heavy atom. The molecule has 0 bridgehead atoms. The molecule has 4 aromatic rings. The number of hydrogen-bond acceptors (Lipinski definition) is 4. The summed E-state index contributed by atoms with van der Waals surface area (Å²) in [6.07, 6.45) is 0.704. The molecule has 0 atom stereocenters. The number of aromatic nitrogens is 1. The number of carbonyl (C=O) groups is 2. The van der Waals surface area contributed by atoms with Gasteiger partial charge < -0.3 is 19.0 Å². The first-order valence-electron chi connectivity index (χ1n) is 9.23. The Hall–Kier alpha value is -3.25. The Morgan fingerprint density at radius 1 is 1.17 bits per heavy atom. The van der Waals surface area contributed by atoms with Crippen molar-refractivity contribution in [1.82, 2.24) is 9.88 Å². The fraction of sp³-hybridized carbons (Fsp3) is 0.182. The van der Waals surface area contributed by atoms with E-state index in [9.17, 15) is 9.59 Å². The summed E-state index contributed by atoms with van der Waals surface area (Å²) in [4.78, 5) is 30.1. The van der Waals surface area contributed by atoms with Gasteiger partial charge in [0.2, 0.25) is 0 Å². The minimum Gasteiger partial charge on any atom is -0.465 e. The SMILES string of the molecule is COC(=O)c1ccc2[nH]c3c(c2c1)CN(C(=O)c1cc2cc(Cl)ccc2o1)CC3. The molecule has 0 saturated heterocycles. The van der Waals surface area contributed by atoms with Crippen LogP contribution in [0.15, 0.2) is 46.9 Å². The zero-order valence-corrected chi connectivity index (χ0v) is 16.4. The zero-order chi connectivity index (χ0) is 20.1. The van der Waals surface area contributed by atoms with E-state index in [-0.39, 0.29) is 11.9 Å². The molecule has 1 N–H and O–H groups in total. The fourth-order valence-electron chi connectivity index (χ4n) is 3.91. The lowest BCUT2D eigenvalue weighted by Crippen LogP contribution is -2.35. The number of ether oxygens (including phenoxy) is 1. The van der Waals surface area contributed by atoms with E-state index in [0.717, 1.165) is 27.5 Å². The predicted molar refractivity (Wildman–Crippen MR) is 109 cm³/mol. The summed E-state index contributed by atoms with van der Waals surface area (Å²) in [6, 6.07) is 12.4. The summed E-state index contributed by atoms with van der Waals surface area (Å²) in [6.45, 7) is 1.02. The lowest BCUT2D eigenvalue weighted by Gasteiger charge is -2.26.